The van der Waals surface area contributed by atoms with E-state index in [-0.39, 0.29) is 30.7 Å². The molecule has 7 nitrogen and oxygen atoms in total. The second-order valence-corrected chi connectivity index (χ2v) is 12.3. The maximum Gasteiger partial charge on any atom is 0.340 e. The summed E-state index contributed by atoms with van der Waals surface area (Å²) in [5.74, 6) is 1.55. The molecule has 42 heavy (non-hydrogen) atoms. The first-order valence-electron chi connectivity index (χ1n) is 14.7. The minimum absolute atomic E-state index is 0.0846. The monoisotopic (exact) mass is 583 g/mol. The van der Waals surface area contributed by atoms with Crippen LogP contribution < -0.4 is 4.74 Å². The van der Waals surface area contributed by atoms with Gasteiger partial charge in [0.15, 0.2) is 0 Å². The zero-order chi connectivity index (χ0) is 29.8. The molecule has 2 saturated heterocycles. The molecule has 3 aromatic rings. The highest BCUT2D eigenvalue weighted by molar-refractivity contribution is 7.98. The summed E-state index contributed by atoms with van der Waals surface area (Å²) in [6, 6.07) is 20.1. The van der Waals surface area contributed by atoms with Gasteiger partial charge in [-0.1, -0.05) is 44.2 Å². The van der Waals surface area contributed by atoms with E-state index in [9.17, 15) is 14.9 Å². The van der Waals surface area contributed by atoms with Gasteiger partial charge in [-0.15, -0.1) is 11.8 Å². The second-order valence-electron chi connectivity index (χ2n) is 11.3. The van der Waals surface area contributed by atoms with Crippen molar-refractivity contribution in [3.8, 4) is 11.8 Å². The number of para-hydroxylation sites is 1. The summed E-state index contributed by atoms with van der Waals surface area (Å²) < 4.78 is 11.6. The number of thioether (sulfide) groups is 1. The van der Waals surface area contributed by atoms with Crippen molar-refractivity contribution in [1.82, 2.24) is 9.88 Å². The molecule has 218 valence electrons. The molecule has 0 spiro atoms. The number of hydrogen-bond donors (Lipinski definition) is 0. The van der Waals surface area contributed by atoms with Gasteiger partial charge in [-0.25, -0.2) is 9.78 Å². The van der Waals surface area contributed by atoms with Crippen LogP contribution in [0.3, 0.4) is 0 Å². The molecule has 2 aromatic carbocycles. The Labute approximate surface area is 252 Å². The molecule has 2 bridgehead atoms. The van der Waals surface area contributed by atoms with E-state index in [1.807, 2.05) is 30.3 Å². The van der Waals surface area contributed by atoms with Crippen molar-refractivity contribution < 1.29 is 19.1 Å². The lowest BCUT2D eigenvalue weighted by Gasteiger charge is -2.39. The second kappa shape index (κ2) is 13.0. The van der Waals surface area contributed by atoms with Crippen LogP contribution in [-0.2, 0) is 10.5 Å². The molecule has 1 aromatic heterocycles. The fraction of sp³-hybridized carbons (Fsp3) is 0.412. The summed E-state index contributed by atoms with van der Waals surface area (Å²) in [6.45, 7) is 8.11. The van der Waals surface area contributed by atoms with E-state index >= 15 is 0 Å². The molecule has 5 rings (SSSR count). The van der Waals surface area contributed by atoms with Gasteiger partial charge >= 0.3 is 5.97 Å². The van der Waals surface area contributed by atoms with Crippen molar-refractivity contribution in [3.63, 3.8) is 0 Å². The first-order valence-corrected chi connectivity index (χ1v) is 15.7. The van der Waals surface area contributed by atoms with Gasteiger partial charge in [-0.05, 0) is 68.0 Å². The van der Waals surface area contributed by atoms with Gasteiger partial charge in [0, 0.05) is 36.2 Å². The van der Waals surface area contributed by atoms with Crippen molar-refractivity contribution >= 4 is 23.6 Å². The number of nitriles is 1. The molecule has 2 fully saturated rings. The largest absolute Gasteiger partial charge is 0.490 e. The number of carbonyl (C=O) groups is 2. The zero-order valence-corrected chi connectivity index (χ0v) is 25.4. The molecule has 3 heterocycles. The van der Waals surface area contributed by atoms with Crippen molar-refractivity contribution in [2.45, 2.75) is 88.3 Å². The number of pyridine rings is 1. The number of aromatic nitrogens is 1. The third-order valence-corrected chi connectivity index (χ3v) is 9.19. The molecule has 0 aliphatic carbocycles. The number of aryl methyl sites for hydroxylation is 1. The Morgan fingerprint density at radius 3 is 2.43 bits per heavy atom. The van der Waals surface area contributed by atoms with Crippen LogP contribution in [0.1, 0.15) is 95.5 Å². The van der Waals surface area contributed by atoms with Crippen molar-refractivity contribution in [3.05, 3.63) is 88.1 Å². The van der Waals surface area contributed by atoms with Crippen LogP contribution in [0.15, 0.2) is 59.6 Å². The third kappa shape index (κ3) is 6.32. The van der Waals surface area contributed by atoms with E-state index in [1.54, 1.807) is 19.9 Å². The number of piperidine rings is 1. The Bertz CT molecular complexity index is 1480. The topological polar surface area (TPSA) is 92.5 Å². The maximum atomic E-state index is 13.6. The minimum Gasteiger partial charge on any atom is -0.490 e. The van der Waals surface area contributed by atoms with Crippen molar-refractivity contribution in [1.29, 1.82) is 5.26 Å². The first-order chi connectivity index (χ1) is 20.3. The lowest BCUT2D eigenvalue weighted by Crippen LogP contribution is -2.49. The first kappa shape index (κ1) is 29.7. The number of benzene rings is 2. The lowest BCUT2D eigenvalue weighted by atomic mass is 9.97. The molecular formula is C34H37N3O4S. The van der Waals surface area contributed by atoms with Crippen LogP contribution in [0.4, 0.5) is 0 Å². The van der Waals surface area contributed by atoms with Crippen LogP contribution in [0.2, 0.25) is 0 Å². The zero-order valence-electron chi connectivity index (χ0n) is 24.6. The third-order valence-electron chi connectivity index (χ3n) is 8.13. The normalized spacial score (nSPS) is 19.4. The van der Waals surface area contributed by atoms with E-state index in [4.69, 9.17) is 9.47 Å². The predicted octanol–water partition coefficient (Wildman–Crippen LogP) is 7.07. The molecule has 2 aliphatic rings. The van der Waals surface area contributed by atoms with Gasteiger partial charge in [0.2, 0.25) is 0 Å². The van der Waals surface area contributed by atoms with Gasteiger partial charge in [-0.2, -0.15) is 5.26 Å². The summed E-state index contributed by atoms with van der Waals surface area (Å²) in [5.41, 5.74) is 4.12. The number of carbonyl (C=O) groups excluding carboxylic acids is 2. The Balaban J connectivity index is 1.21. The number of rotatable bonds is 9. The Morgan fingerprint density at radius 1 is 1.10 bits per heavy atom. The molecule has 2 aliphatic heterocycles. The van der Waals surface area contributed by atoms with Crippen molar-refractivity contribution in [2.75, 3.05) is 6.61 Å². The lowest BCUT2D eigenvalue weighted by molar-refractivity contribution is 0.0355. The summed E-state index contributed by atoms with van der Waals surface area (Å²) in [5, 5.41) is 10.2. The molecule has 1 amide bonds. The van der Waals surface area contributed by atoms with Gasteiger partial charge < -0.3 is 14.4 Å². The van der Waals surface area contributed by atoms with E-state index in [0.717, 1.165) is 37.0 Å². The average molecular weight is 584 g/mol. The highest BCUT2D eigenvalue weighted by Crippen LogP contribution is 2.39. The molecule has 0 saturated carbocycles. The molecule has 2 unspecified atom stereocenters. The van der Waals surface area contributed by atoms with E-state index in [0.29, 0.717) is 39.1 Å². The van der Waals surface area contributed by atoms with Gasteiger partial charge in [-0.3, -0.25) is 4.79 Å². The number of nitrogens with zero attached hydrogens (tertiary/aromatic N) is 3. The fourth-order valence-corrected chi connectivity index (χ4v) is 6.99. The fourth-order valence-electron chi connectivity index (χ4n) is 6.03. The number of esters is 1. The average Bonchev–Trinajstić information content (AvgIpc) is 3.25. The molecule has 2 atom stereocenters. The highest BCUT2D eigenvalue weighted by atomic mass is 32.2. The number of ether oxygens (including phenoxy) is 2. The van der Waals surface area contributed by atoms with Gasteiger partial charge in [0.1, 0.15) is 22.9 Å². The highest BCUT2D eigenvalue weighted by Gasteiger charge is 2.44. The molecule has 8 heteroatoms. The van der Waals surface area contributed by atoms with E-state index in [1.165, 1.54) is 17.3 Å². The van der Waals surface area contributed by atoms with Gasteiger partial charge in [0.05, 0.1) is 23.4 Å². The smallest absolute Gasteiger partial charge is 0.340 e. The quantitative estimate of drug-likeness (QED) is 0.196. The Hall–Kier alpha value is -3.83. The van der Waals surface area contributed by atoms with E-state index < -0.39 is 5.97 Å². The van der Waals surface area contributed by atoms with E-state index in [2.05, 4.69) is 48.0 Å². The molecule has 0 N–H and O–H groups in total. The number of hydrogen-bond acceptors (Lipinski definition) is 7. The summed E-state index contributed by atoms with van der Waals surface area (Å²) in [7, 11) is 0. The maximum absolute atomic E-state index is 13.6. The van der Waals surface area contributed by atoms with Crippen LogP contribution in [0.25, 0.3) is 0 Å². The summed E-state index contributed by atoms with van der Waals surface area (Å²) in [6.07, 6.45) is 3.85. The minimum atomic E-state index is -0.475. The van der Waals surface area contributed by atoms with Crippen LogP contribution >= 0.6 is 11.8 Å². The van der Waals surface area contributed by atoms with Gasteiger partial charge in [0.25, 0.3) is 5.91 Å². The molecular weight excluding hydrogens is 546 g/mol. The SMILES string of the molecule is CCOC(=O)c1cc(C#N)c(SCc2ccc(C(=O)N3C4CCC3CC(Oc3ccccc3C(C)C)C4)cc2)nc1C. The number of fused-ring (bicyclic) bond motifs is 2. The summed E-state index contributed by atoms with van der Waals surface area (Å²) >= 11 is 1.43. The van der Waals surface area contributed by atoms with Crippen LogP contribution in [-0.4, -0.2) is 46.6 Å². The Kier molecular flexibility index (Phi) is 9.18. The predicted molar refractivity (Wildman–Crippen MR) is 163 cm³/mol. The Morgan fingerprint density at radius 2 is 1.79 bits per heavy atom. The molecule has 0 radical (unpaired) electrons. The standard InChI is InChI=1S/C34H37N3O4S/c1-5-40-34(39)30-16-25(19-35)32(36-22(30)4)42-20-23-10-12-24(13-11-23)33(38)37-26-14-15-27(37)18-28(17-26)41-31-9-7-6-8-29(31)21(2)3/h6-13,16,21,26-28H,5,14-15,17-18,20H2,1-4H3. The summed E-state index contributed by atoms with van der Waals surface area (Å²) in [4.78, 5) is 32.4. The number of amides is 1. The van der Waals surface area contributed by atoms with Crippen molar-refractivity contribution in [2.24, 2.45) is 0 Å². The van der Waals surface area contributed by atoms with Crippen LogP contribution in [0, 0.1) is 18.3 Å². The van der Waals surface area contributed by atoms with Crippen LogP contribution in [0.5, 0.6) is 5.75 Å².